The molecule has 1 saturated heterocycles. The molecule has 2 fully saturated rings. The molecule has 2 heterocycles. The van der Waals surface area contributed by atoms with Crippen molar-refractivity contribution in [3.63, 3.8) is 0 Å². The molecule has 0 bridgehead atoms. The van der Waals surface area contributed by atoms with E-state index in [2.05, 4.69) is 9.12 Å². The number of nitrogens with one attached hydrogen (secondary N) is 1. The quantitative estimate of drug-likeness (QED) is 0.788. The number of fused-ring (bicyclic) bond motifs is 1. The van der Waals surface area contributed by atoms with Gasteiger partial charge in [-0.1, -0.05) is 6.07 Å². The van der Waals surface area contributed by atoms with Crippen LogP contribution in [0, 0.1) is 11.8 Å². The second kappa shape index (κ2) is 7.03. The molecular formula is C18H24N4O4S. The fraction of sp³-hybridized carbons (Fsp3) is 0.556. The largest absolute Gasteiger partial charge is 0.492 e. The Labute approximate surface area is 159 Å². The molecule has 1 aromatic rings. The van der Waals surface area contributed by atoms with Crippen molar-refractivity contribution in [3.05, 3.63) is 23.8 Å². The van der Waals surface area contributed by atoms with Gasteiger partial charge >= 0.3 is 10.2 Å². The Morgan fingerprint density at radius 2 is 2.11 bits per heavy atom. The Morgan fingerprint density at radius 1 is 1.30 bits per heavy atom. The maximum absolute atomic E-state index is 12.4. The van der Waals surface area contributed by atoms with Gasteiger partial charge in [-0.25, -0.2) is 0 Å². The van der Waals surface area contributed by atoms with Crippen LogP contribution < -0.4 is 15.2 Å². The van der Waals surface area contributed by atoms with E-state index in [-0.39, 0.29) is 17.7 Å². The Kier molecular flexibility index (Phi) is 4.71. The van der Waals surface area contributed by atoms with Gasteiger partial charge in [0.2, 0.25) is 5.91 Å². The topological polar surface area (TPSA) is 114 Å². The van der Waals surface area contributed by atoms with Gasteiger partial charge in [-0.05, 0) is 43.7 Å². The lowest BCUT2D eigenvalue weighted by molar-refractivity contribution is -0.133. The predicted molar refractivity (Wildman–Crippen MR) is 102 cm³/mol. The molecule has 8 nitrogen and oxygen atoms in total. The normalized spacial score (nSPS) is 23.8. The molecule has 0 spiro atoms. The first-order valence-corrected chi connectivity index (χ1v) is 10.8. The highest BCUT2D eigenvalue weighted by atomic mass is 32.2. The first kappa shape index (κ1) is 18.1. The molecule has 2 aliphatic heterocycles. The lowest BCUT2D eigenvalue weighted by Gasteiger charge is -2.33. The van der Waals surface area contributed by atoms with Gasteiger partial charge in [0.15, 0.2) is 5.84 Å². The number of anilines is 1. The number of nitrogens with zero attached hydrogens (tertiary/aromatic N) is 2. The van der Waals surface area contributed by atoms with Crippen LogP contribution in [0.25, 0.3) is 0 Å². The third kappa shape index (κ3) is 4.18. The van der Waals surface area contributed by atoms with E-state index in [1.165, 1.54) is 12.8 Å². The zero-order valence-electron chi connectivity index (χ0n) is 15.1. The fourth-order valence-corrected chi connectivity index (χ4v) is 4.51. The Hall–Kier alpha value is -2.29. The van der Waals surface area contributed by atoms with Crippen molar-refractivity contribution in [1.82, 2.24) is 4.90 Å². The van der Waals surface area contributed by atoms with E-state index in [1.54, 1.807) is 18.2 Å². The lowest BCUT2D eigenvalue weighted by Crippen LogP contribution is -2.41. The van der Waals surface area contributed by atoms with Gasteiger partial charge < -0.3 is 15.4 Å². The number of carbonyl (C=O) groups is 1. The van der Waals surface area contributed by atoms with Gasteiger partial charge in [0.1, 0.15) is 5.75 Å². The number of amidine groups is 1. The van der Waals surface area contributed by atoms with Crippen molar-refractivity contribution in [2.75, 3.05) is 24.4 Å². The summed E-state index contributed by atoms with van der Waals surface area (Å²) in [6, 6.07) is 5.08. The molecule has 0 unspecified atom stereocenters. The van der Waals surface area contributed by atoms with Crippen LogP contribution in [0.5, 0.6) is 5.75 Å². The van der Waals surface area contributed by atoms with Crippen molar-refractivity contribution >= 4 is 27.6 Å². The number of nitrogens with two attached hydrogens (primary N) is 1. The van der Waals surface area contributed by atoms with E-state index < -0.39 is 10.2 Å². The van der Waals surface area contributed by atoms with Crippen molar-refractivity contribution in [3.8, 4) is 5.75 Å². The fourth-order valence-electron chi connectivity index (χ4n) is 3.67. The Bertz CT molecular complexity index is 879. The predicted octanol–water partition coefficient (Wildman–Crippen LogP) is 1.48. The van der Waals surface area contributed by atoms with Gasteiger partial charge in [0, 0.05) is 25.4 Å². The van der Waals surface area contributed by atoms with Gasteiger partial charge in [0.05, 0.1) is 17.9 Å². The second-order valence-corrected chi connectivity index (χ2v) is 8.88. The summed E-state index contributed by atoms with van der Waals surface area (Å²) in [6.07, 6.45) is 5.00. The number of likely N-dealkylation sites (tertiary alicyclic amines) is 1. The molecule has 1 atom stereocenters. The molecule has 1 aromatic carbocycles. The second-order valence-electron chi connectivity index (χ2n) is 7.54. The average Bonchev–Trinajstić information content (AvgIpc) is 3.42. The zero-order valence-corrected chi connectivity index (χ0v) is 15.9. The molecule has 27 heavy (non-hydrogen) atoms. The number of amides is 1. The molecule has 4 rings (SSSR count). The van der Waals surface area contributed by atoms with Crippen LogP contribution in [0.3, 0.4) is 0 Å². The van der Waals surface area contributed by atoms with Crippen LogP contribution in [0.4, 0.5) is 5.69 Å². The average molecular weight is 392 g/mol. The molecule has 9 heteroatoms. The molecule has 1 saturated carbocycles. The maximum atomic E-state index is 12.4. The van der Waals surface area contributed by atoms with Crippen LogP contribution in [0.1, 0.15) is 37.7 Å². The number of carbonyl (C=O) groups excluding carboxylic acids is 1. The minimum absolute atomic E-state index is 0.0794. The highest BCUT2D eigenvalue weighted by Crippen LogP contribution is 2.34. The zero-order chi connectivity index (χ0) is 19.0. The molecule has 1 amide bonds. The summed E-state index contributed by atoms with van der Waals surface area (Å²) in [5.74, 6) is 1.51. The summed E-state index contributed by atoms with van der Waals surface area (Å²) in [6.45, 7) is 1.98. The van der Waals surface area contributed by atoms with Crippen LogP contribution in [0.15, 0.2) is 22.6 Å². The number of benzene rings is 1. The third-order valence-electron chi connectivity index (χ3n) is 5.25. The van der Waals surface area contributed by atoms with E-state index >= 15 is 0 Å². The SMILES string of the molecule is NC1=NS(=O)(=O)Nc2cccc(OC[C@H]3CCCN(C(=O)CC4CC4)C3)c21. The minimum atomic E-state index is -3.81. The van der Waals surface area contributed by atoms with Crippen LogP contribution >= 0.6 is 0 Å². The van der Waals surface area contributed by atoms with E-state index in [4.69, 9.17) is 10.5 Å². The van der Waals surface area contributed by atoms with Gasteiger partial charge in [-0.15, -0.1) is 4.40 Å². The Morgan fingerprint density at radius 3 is 2.89 bits per heavy atom. The van der Waals surface area contributed by atoms with E-state index in [1.807, 2.05) is 4.90 Å². The van der Waals surface area contributed by atoms with E-state index in [0.29, 0.717) is 42.5 Å². The van der Waals surface area contributed by atoms with Gasteiger partial charge in [0.25, 0.3) is 0 Å². The summed E-state index contributed by atoms with van der Waals surface area (Å²) in [5.41, 5.74) is 6.67. The van der Waals surface area contributed by atoms with Crippen LogP contribution in [0.2, 0.25) is 0 Å². The van der Waals surface area contributed by atoms with Crippen molar-refractivity contribution < 1.29 is 17.9 Å². The summed E-state index contributed by atoms with van der Waals surface area (Å²) < 4.78 is 35.2. The summed E-state index contributed by atoms with van der Waals surface area (Å²) in [4.78, 5) is 14.3. The van der Waals surface area contributed by atoms with Crippen molar-refractivity contribution in [2.24, 2.45) is 22.0 Å². The Balaban J connectivity index is 1.41. The van der Waals surface area contributed by atoms with E-state index in [9.17, 15) is 13.2 Å². The smallest absolute Gasteiger partial charge is 0.344 e. The summed E-state index contributed by atoms with van der Waals surface area (Å²) >= 11 is 0. The highest BCUT2D eigenvalue weighted by Gasteiger charge is 2.30. The molecule has 0 aromatic heterocycles. The number of hydrogen-bond donors (Lipinski definition) is 2. The highest BCUT2D eigenvalue weighted by molar-refractivity contribution is 7.91. The van der Waals surface area contributed by atoms with Crippen molar-refractivity contribution in [1.29, 1.82) is 0 Å². The first-order chi connectivity index (χ1) is 12.9. The monoisotopic (exact) mass is 392 g/mol. The number of ether oxygens (including phenoxy) is 1. The molecule has 3 aliphatic rings. The molecular weight excluding hydrogens is 368 g/mol. The van der Waals surface area contributed by atoms with E-state index in [0.717, 1.165) is 19.4 Å². The molecule has 146 valence electrons. The van der Waals surface area contributed by atoms with Gasteiger partial charge in [-0.2, -0.15) is 8.42 Å². The standard InChI is InChI=1S/C18H24N4O4S/c19-18-17-14(20-27(24,25)21-18)4-1-5-15(17)26-11-13-3-2-8-22(10-13)16(23)9-12-6-7-12/h1,4-5,12-13,20H,2-3,6-11H2,(H2,19,21)/t13-/m0/s1. The molecule has 1 aliphatic carbocycles. The van der Waals surface area contributed by atoms with Crippen LogP contribution in [-0.4, -0.2) is 44.8 Å². The van der Waals surface area contributed by atoms with Gasteiger partial charge in [-0.3, -0.25) is 9.52 Å². The van der Waals surface area contributed by atoms with Crippen molar-refractivity contribution in [2.45, 2.75) is 32.1 Å². The number of hydrogen-bond acceptors (Lipinski definition) is 5. The summed E-state index contributed by atoms with van der Waals surface area (Å²) in [5, 5.41) is 0. The minimum Gasteiger partial charge on any atom is -0.492 e. The molecule has 3 N–H and O–H groups in total. The lowest BCUT2D eigenvalue weighted by atomic mass is 9.98. The third-order valence-corrected chi connectivity index (χ3v) is 6.16. The maximum Gasteiger partial charge on any atom is 0.344 e. The number of rotatable bonds is 5. The number of piperidine rings is 1. The summed E-state index contributed by atoms with van der Waals surface area (Å²) in [7, 11) is -3.81. The van der Waals surface area contributed by atoms with Crippen LogP contribution in [-0.2, 0) is 15.0 Å². The molecule has 0 radical (unpaired) electrons. The first-order valence-electron chi connectivity index (χ1n) is 9.33.